The van der Waals surface area contributed by atoms with Crippen LogP contribution in [0.4, 0.5) is 4.39 Å². The lowest BCUT2D eigenvalue weighted by Crippen LogP contribution is -2.46. The summed E-state index contributed by atoms with van der Waals surface area (Å²) in [6, 6.07) is 7.04. The van der Waals surface area contributed by atoms with Gasteiger partial charge in [-0.1, -0.05) is 13.0 Å². The minimum absolute atomic E-state index is 0.0950. The number of sulfonamides is 1. The van der Waals surface area contributed by atoms with Crippen LogP contribution in [0.5, 0.6) is 0 Å². The van der Waals surface area contributed by atoms with Gasteiger partial charge >= 0.3 is 0 Å². The van der Waals surface area contributed by atoms with Gasteiger partial charge in [-0.05, 0) is 42.3 Å². The van der Waals surface area contributed by atoms with E-state index in [1.54, 1.807) is 31.5 Å². The van der Waals surface area contributed by atoms with Gasteiger partial charge in [-0.25, -0.2) is 12.8 Å². The zero-order valence-electron chi connectivity index (χ0n) is 13.1. The molecule has 0 saturated carbocycles. The van der Waals surface area contributed by atoms with Gasteiger partial charge in [0.25, 0.3) is 0 Å². The number of benzene rings is 1. The minimum atomic E-state index is -3.91. The highest BCUT2D eigenvalue weighted by molar-refractivity contribution is 7.89. The van der Waals surface area contributed by atoms with Gasteiger partial charge in [-0.15, -0.1) is 0 Å². The topological polar surface area (TPSA) is 88.2 Å². The molecule has 1 aromatic carbocycles. The molecule has 0 bridgehead atoms. The summed E-state index contributed by atoms with van der Waals surface area (Å²) in [5.41, 5.74) is 0.807. The molecule has 0 radical (unpaired) electrons. The van der Waals surface area contributed by atoms with E-state index in [0.717, 1.165) is 29.8 Å². The van der Waals surface area contributed by atoms with Crippen molar-refractivity contribution < 1.29 is 17.6 Å². The van der Waals surface area contributed by atoms with Crippen molar-refractivity contribution in [3.8, 4) is 0 Å². The van der Waals surface area contributed by atoms with Crippen LogP contribution in [-0.4, -0.2) is 25.4 Å². The third-order valence-corrected chi connectivity index (χ3v) is 4.82. The number of halogens is 1. The molecule has 128 valence electrons. The Morgan fingerprint density at radius 1 is 1.25 bits per heavy atom. The fourth-order valence-corrected chi connectivity index (χ4v) is 3.29. The first-order valence-electron chi connectivity index (χ1n) is 7.37. The van der Waals surface area contributed by atoms with Crippen LogP contribution in [-0.2, 0) is 21.4 Å². The van der Waals surface area contributed by atoms with E-state index < -0.39 is 27.8 Å². The number of pyridine rings is 1. The van der Waals surface area contributed by atoms with Crippen molar-refractivity contribution in [1.29, 1.82) is 0 Å². The molecule has 0 fully saturated rings. The van der Waals surface area contributed by atoms with Crippen molar-refractivity contribution in [2.24, 2.45) is 0 Å². The molecule has 0 aliphatic carbocycles. The molecular weight excluding hydrogens is 333 g/mol. The Labute approximate surface area is 140 Å². The smallest absolute Gasteiger partial charge is 0.241 e. The second-order valence-electron chi connectivity index (χ2n) is 5.12. The van der Waals surface area contributed by atoms with Crippen LogP contribution in [0.2, 0.25) is 0 Å². The van der Waals surface area contributed by atoms with E-state index >= 15 is 0 Å². The number of amides is 1. The standard InChI is InChI=1S/C16H18FN3O3S/c1-2-15(16(21)19-11-12-4-3-9-18-10-12)20-24(22,23)14-7-5-13(17)6-8-14/h3-10,15,20H,2,11H2,1H3,(H,19,21). The number of carbonyl (C=O) groups excluding carboxylic acids is 1. The Bertz CT molecular complexity index is 780. The van der Waals surface area contributed by atoms with Crippen LogP contribution in [0.3, 0.4) is 0 Å². The van der Waals surface area contributed by atoms with Gasteiger partial charge in [-0.2, -0.15) is 4.72 Å². The Kier molecular flexibility index (Phi) is 5.99. The van der Waals surface area contributed by atoms with Crippen LogP contribution in [0, 0.1) is 5.82 Å². The van der Waals surface area contributed by atoms with Crippen molar-refractivity contribution in [2.75, 3.05) is 0 Å². The number of carbonyl (C=O) groups is 1. The summed E-state index contributed by atoms with van der Waals surface area (Å²) in [4.78, 5) is 16.0. The van der Waals surface area contributed by atoms with Gasteiger partial charge in [0.2, 0.25) is 15.9 Å². The molecule has 1 amide bonds. The maximum absolute atomic E-state index is 12.9. The lowest BCUT2D eigenvalue weighted by atomic mass is 10.2. The first kappa shape index (κ1) is 18.0. The lowest BCUT2D eigenvalue weighted by Gasteiger charge is -2.17. The van der Waals surface area contributed by atoms with Gasteiger partial charge < -0.3 is 5.32 Å². The summed E-state index contributed by atoms with van der Waals surface area (Å²) >= 11 is 0. The molecule has 8 heteroatoms. The molecule has 6 nitrogen and oxygen atoms in total. The summed E-state index contributed by atoms with van der Waals surface area (Å²) in [5, 5.41) is 2.67. The second-order valence-corrected chi connectivity index (χ2v) is 6.83. The summed E-state index contributed by atoms with van der Waals surface area (Å²) < 4.78 is 39.8. The first-order valence-corrected chi connectivity index (χ1v) is 8.85. The van der Waals surface area contributed by atoms with E-state index in [0.29, 0.717) is 0 Å². The summed E-state index contributed by atoms with van der Waals surface area (Å²) in [6.07, 6.45) is 3.51. The molecular formula is C16H18FN3O3S. The average Bonchev–Trinajstić information content (AvgIpc) is 2.59. The largest absolute Gasteiger partial charge is 0.351 e. The van der Waals surface area contributed by atoms with Crippen molar-refractivity contribution in [1.82, 2.24) is 15.0 Å². The normalized spacial score (nSPS) is 12.6. The van der Waals surface area contributed by atoms with Gasteiger partial charge in [0.1, 0.15) is 11.9 Å². The molecule has 2 rings (SSSR count). The highest BCUT2D eigenvalue weighted by Crippen LogP contribution is 2.11. The highest BCUT2D eigenvalue weighted by Gasteiger charge is 2.24. The maximum atomic E-state index is 12.9. The molecule has 0 aliphatic rings. The van der Waals surface area contributed by atoms with E-state index in [2.05, 4.69) is 15.0 Å². The van der Waals surface area contributed by atoms with Gasteiger partial charge in [-0.3, -0.25) is 9.78 Å². The van der Waals surface area contributed by atoms with E-state index in [1.807, 2.05) is 0 Å². The monoisotopic (exact) mass is 351 g/mol. The molecule has 0 saturated heterocycles. The van der Waals surface area contributed by atoms with Crippen LogP contribution >= 0.6 is 0 Å². The van der Waals surface area contributed by atoms with Crippen molar-refractivity contribution in [3.05, 3.63) is 60.2 Å². The molecule has 0 aliphatic heterocycles. The SMILES string of the molecule is CCC(NS(=O)(=O)c1ccc(F)cc1)C(=O)NCc1cccnc1. The second kappa shape index (κ2) is 7.98. The number of hydrogen-bond acceptors (Lipinski definition) is 4. The number of aromatic nitrogens is 1. The molecule has 1 unspecified atom stereocenters. The molecule has 1 heterocycles. The van der Waals surface area contributed by atoms with Crippen molar-refractivity contribution >= 4 is 15.9 Å². The fraction of sp³-hybridized carbons (Fsp3) is 0.250. The maximum Gasteiger partial charge on any atom is 0.241 e. The summed E-state index contributed by atoms with van der Waals surface area (Å²) in [7, 11) is -3.91. The third-order valence-electron chi connectivity index (χ3n) is 3.34. The molecule has 2 N–H and O–H groups in total. The quantitative estimate of drug-likeness (QED) is 0.793. The van der Waals surface area contributed by atoms with Crippen molar-refractivity contribution in [3.63, 3.8) is 0 Å². The molecule has 0 spiro atoms. The lowest BCUT2D eigenvalue weighted by molar-refractivity contribution is -0.122. The van der Waals surface area contributed by atoms with Gasteiger partial charge in [0.05, 0.1) is 4.90 Å². The summed E-state index contributed by atoms with van der Waals surface area (Å²) in [5.74, 6) is -0.970. The van der Waals surface area contributed by atoms with Crippen molar-refractivity contribution in [2.45, 2.75) is 30.8 Å². The van der Waals surface area contributed by atoms with Crippen LogP contribution < -0.4 is 10.0 Å². The predicted molar refractivity (Wildman–Crippen MR) is 86.9 cm³/mol. The Morgan fingerprint density at radius 3 is 2.54 bits per heavy atom. The van der Waals surface area contributed by atoms with Gasteiger partial charge in [0.15, 0.2) is 0 Å². The Morgan fingerprint density at radius 2 is 1.96 bits per heavy atom. The average molecular weight is 351 g/mol. The van der Waals surface area contributed by atoms with E-state index in [1.165, 1.54) is 0 Å². The minimum Gasteiger partial charge on any atom is -0.351 e. The van der Waals surface area contributed by atoms with Crippen LogP contribution in [0.1, 0.15) is 18.9 Å². The number of hydrogen-bond donors (Lipinski definition) is 2. The van der Waals surface area contributed by atoms with E-state index in [-0.39, 0.29) is 17.9 Å². The van der Waals surface area contributed by atoms with Gasteiger partial charge in [0, 0.05) is 18.9 Å². The number of nitrogens with one attached hydrogen (secondary N) is 2. The van der Waals surface area contributed by atoms with E-state index in [9.17, 15) is 17.6 Å². The zero-order valence-corrected chi connectivity index (χ0v) is 13.9. The summed E-state index contributed by atoms with van der Waals surface area (Å²) in [6.45, 7) is 1.95. The predicted octanol–water partition coefficient (Wildman–Crippen LogP) is 1.59. The Hall–Kier alpha value is -2.32. The fourth-order valence-electron chi connectivity index (χ4n) is 2.01. The van der Waals surface area contributed by atoms with Crippen LogP contribution in [0.25, 0.3) is 0 Å². The molecule has 1 atom stereocenters. The molecule has 24 heavy (non-hydrogen) atoms. The molecule has 1 aromatic heterocycles. The number of nitrogens with zero attached hydrogens (tertiary/aromatic N) is 1. The molecule has 2 aromatic rings. The van der Waals surface area contributed by atoms with E-state index in [4.69, 9.17) is 0 Å². The Balaban J connectivity index is 2.02. The first-order chi connectivity index (χ1) is 11.4. The third kappa shape index (κ3) is 4.84. The number of rotatable bonds is 7. The highest BCUT2D eigenvalue weighted by atomic mass is 32.2. The zero-order chi connectivity index (χ0) is 17.6. The van der Waals surface area contributed by atoms with Crippen LogP contribution in [0.15, 0.2) is 53.7 Å².